The Balaban J connectivity index is 1.35. The van der Waals surface area contributed by atoms with E-state index in [9.17, 15) is 14.4 Å². The molecule has 2 aliphatic rings. The Bertz CT molecular complexity index is 840. The maximum atomic E-state index is 12.3. The van der Waals surface area contributed by atoms with Gasteiger partial charge in [0.15, 0.2) is 0 Å². The average molecular weight is 487 g/mol. The van der Waals surface area contributed by atoms with Gasteiger partial charge in [-0.25, -0.2) is 0 Å². The van der Waals surface area contributed by atoms with Gasteiger partial charge in [-0.2, -0.15) is 0 Å². The largest absolute Gasteiger partial charge is 0.490 e. The first kappa shape index (κ1) is 23.8. The number of amides is 2. The number of carboxylic acid groups (broad SMARTS) is 1. The molecule has 1 aromatic carbocycles. The van der Waals surface area contributed by atoms with E-state index in [4.69, 9.17) is 33.0 Å². The van der Waals surface area contributed by atoms with Crippen molar-refractivity contribution in [2.75, 3.05) is 13.1 Å². The zero-order valence-corrected chi connectivity index (χ0v) is 19.1. The Morgan fingerprint density at radius 3 is 2.26 bits per heavy atom. The standard InChI is InChI=1S/C21H24Cl2N2O5S/c22-16-11-17(31-18(16)23)20(27)25-10-9-24-19(26)12-1-5-14(6-2-12)30-15-7-3-13(4-8-15)21(28)29/h1-2,5-6,13,15,17H,3-4,7-11H2,(H,24,26)(H,25,27)(H,28,29)/t13-,15+,17?. The number of carbonyl (C=O) groups excluding carboxylic acids is 2. The van der Waals surface area contributed by atoms with Crippen LogP contribution >= 0.6 is 35.0 Å². The molecule has 0 bridgehead atoms. The van der Waals surface area contributed by atoms with Gasteiger partial charge in [0.2, 0.25) is 5.91 Å². The van der Waals surface area contributed by atoms with Crippen LogP contribution in [-0.4, -0.2) is 47.3 Å². The molecule has 1 unspecified atom stereocenters. The third kappa shape index (κ3) is 6.79. The number of rotatable bonds is 8. The first-order valence-corrected chi connectivity index (χ1v) is 11.7. The highest BCUT2D eigenvalue weighted by atomic mass is 35.5. The molecule has 1 fully saturated rings. The molecular formula is C21H24Cl2N2O5S. The highest BCUT2D eigenvalue weighted by molar-refractivity contribution is 8.06. The second kappa shape index (κ2) is 11.1. The minimum Gasteiger partial charge on any atom is -0.490 e. The summed E-state index contributed by atoms with van der Waals surface area (Å²) in [5.74, 6) is -0.767. The first-order valence-electron chi connectivity index (χ1n) is 10.1. The zero-order valence-electron chi connectivity index (χ0n) is 16.7. The lowest BCUT2D eigenvalue weighted by molar-refractivity contribution is -0.143. The van der Waals surface area contributed by atoms with Crippen molar-refractivity contribution in [2.45, 2.75) is 43.5 Å². The van der Waals surface area contributed by atoms with Crippen LogP contribution < -0.4 is 15.4 Å². The smallest absolute Gasteiger partial charge is 0.306 e. The molecule has 3 N–H and O–H groups in total. The van der Waals surface area contributed by atoms with E-state index in [0.29, 0.717) is 65.9 Å². The van der Waals surface area contributed by atoms with Gasteiger partial charge in [0.1, 0.15) is 5.75 Å². The number of benzene rings is 1. The van der Waals surface area contributed by atoms with Crippen molar-refractivity contribution in [2.24, 2.45) is 5.92 Å². The predicted molar refractivity (Wildman–Crippen MR) is 121 cm³/mol. The number of nitrogens with one attached hydrogen (secondary N) is 2. The van der Waals surface area contributed by atoms with E-state index < -0.39 is 5.97 Å². The van der Waals surface area contributed by atoms with Crippen LogP contribution in [0.5, 0.6) is 5.75 Å². The van der Waals surface area contributed by atoms with Gasteiger partial charge in [-0.1, -0.05) is 35.0 Å². The highest BCUT2D eigenvalue weighted by Gasteiger charge is 2.29. The van der Waals surface area contributed by atoms with Gasteiger partial charge in [0, 0.05) is 30.1 Å². The molecule has 168 valence electrons. The number of thioether (sulfide) groups is 1. The predicted octanol–water partition coefficient (Wildman–Crippen LogP) is 3.71. The van der Waals surface area contributed by atoms with Crippen LogP contribution in [0.4, 0.5) is 0 Å². The summed E-state index contributed by atoms with van der Waals surface area (Å²) < 4.78 is 6.36. The first-order chi connectivity index (χ1) is 14.8. The van der Waals surface area contributed by atoms with Crippen LogP contribution in [0.2, 0.25) is 0 Å². The Morgan fingerprint density at radius 1 is 1.03 bits per heavy atom. The van der Waals surface area contributed by atoms with Crippen LogP contribution in [0, 0.1) is 5.92 Å². The lowest BCUT2D eigenvalue weighted by atomic mass is 9.87. The fourth-order valence-electron chi connectivity index (χ4n) is 3.50. The highest BCUT2D eigenvalue weighted by Crippen LogP contribution is 2.41. The van der Waals surface area contributed by atoms with Crippen LogP contribution in [0.1, 0.15) is 42.5 Å². The van der Waals surface area contributed by atoms with Crippen molar-refractivity contribution in [3.05, 3.63) is 39.2 Å². The molecule has 0 aromatic heterocycles. The van der Waals surface area contributed by atoms with Crippen LogP contribution in [-0.2, 0) is 9.59 Å². The van der Waals surface area contributed by atoms with Gasteiger partial charge in [0.25, 0.3) is 5.91 Å². The molecule has 1 aromatic rings. The lowest BCUT2D eigenvalue weighted by Gasteiger charge is -2.26. The molecule has 31 heavy (non-hydrogen) atoms. The van der Waals surface area contributed by atoms with Gasteiger partial charge in [-0.05, 0) is 49.9 Å². The second-order valence-electron chi connectivity index (χ2n) is 7.49. The van der Waals surface area contributed by atoms with E-state index in [0.717, 1.165) is 0 Å². The van der Waals surface area contributed by atoms with Crippen LogP contribution in [0.25, 0.3) is 0 Å². The zero-order chi connectivity index (χ0) is 22.4. The van der Waals surface area contributed by atoms with Crippen molar-refractivity contribution in [1.82, 2.24) is 10.6 Å². The van der Waals surface area contributed by atoms with E-state index in [1.54, 1.807) is 24.3 Å². The minimum atomic E-state index is -0.739. The number of carbonyl (C=O) groups is 3. The fraction of sp³-hybridized carbons (Fsp3) is 0.476. The van der Waals surface area contributed by atoms with Crippen molar-refractivity contribution >= 4 is 52.7 Å². The van der Waals surface area contributed by atoms with E-state index in [1.165, 1.54) is 11.8 Å². The third-order valence-corrected chi connectivity index (χ3v) is 7.43. The summed E-state index contributed by atoms with van der Waals surface area (Å²) in [6, 6.07) is 6.82. The molecular weight excluding hydrogens is 463 g/mol. The molecule has 0 saturated heterocycles. The van der Waals surface area contributed by atoms with Gasteiger partial charge in [-0.15, -0.1) is 0 Å². The van der Waals surface area contributed by atoms with Crippen molar-refractivity contribution in [3.63, 3.8) is 0 Å². The molecule has 7 nitrogen and oxygen atoms in total. The molecule has 0 radical (unpaired) electrons. The van der Waals surface area contributed by atoms with Crippen LogP contribution in [0.15, 0.2) is 33.7 Å². The average Bonchev–Trinajstić information content (AvgIpc) is 3.10. The van der Waals surface area contributed by atoms with E-state index in [2.05, 4.69) is 10.6 Å². The SMILES string of the molecule is O=C(NCCNC(=O)C1CC(Cl)=C(Cl)S1)c1ccc(O[C@H]2CC[C@@H](C(=O)O)CC2)cc1. The third-order valence-electron chi connectivity index (χ3n) is 5.27. The molecule has 1 heterocycles. The molecule has 2 amide bonds. The molecule has 1 atom stereocenters. The summed E-state index contributed by atoms with van der Waals surface area (Å²) in [6.45, 7) is 0.596. The minimum absolute atomic E-state index is 0.00289. The molecule has 3 rings (SSSR count). The van der Waals surface area contributed by atoms with Crippen LogP contribution in [0.3, 0.4) is 0 Å². The number of aliphatic carboxylic acids is 1. The Labute approximate surface area is 194 Å². The summed E-state index contributed by atoms with van der Waals surface area (Å²) in [5.41, 5.74) is 0.488. The molecule has 1 saturated carbocycles. The molecule has 1 aliphatic heterocycles. The number of ether oxygens (including phenoxy) is 1. The van der Waals surface area contributed by atoms with E-state index in [-0.39, 0.29) is 29.1 Å². The Hall–Kier alpha value is -1.90. The summed E-state index contributed by atoms with van der Waals surface area (Å²) >= 11 is 13.0. The van der Waals surface area contributed by atoms with Gasteiger partial charge in [0.05, 0.1) is 21.6 Å². The maximum Gasteiger partial charge on any atom is 0.306 e. The monoisotopic (exact) mass is 486 g/mol. The van der Waals surface area contributed by atoms with E-state index in [1.807, 2.05) is 0 Å². The molecule has 0 spiro atoms. The van der Waals surface area contributed by atoms with Gasteiger partial charge in [-0.3, -0.25) is 14.4 Å². The lowest BCUT2D eigenvalue weighted by Crippen LogP contribution is -2.38. The number of allylic oxidation sites excluding steroid dienone is 1. The van der Waals surface area contributed by atoms with E-state index >= 15 is 0 Å². The summed E-state index contributed by atoms with van der Waals surface area (Å²) in [7, 11) is 0. The molecule has 1 aliphatic carbocycles. The summed E-state index contributed by atoms with van der Waals surface area (Å²) in [4.78, 5) is 35.4. The van der Waals surface area contributed by atoms with Crippen molar-refractivity contribution in [3.8, 4) is 5.75 Å². The number of halogens is 2. The second-order valence-corrected chi connectivity index (χ2v) is 9.76. The van der Waals surface area contributed by atoms with Gasteiger partial charge >= 0.3 is 5.97 Å². The number of hydrogen-bond donors (Lipinski definition) is 3. The topological polar surface area (TPSA) is 105 Å². The quantitative estimate of drug-likeness (QED) is 0.483. The number of hydrogen-bond acceptors (Lipinski definition) is 5. The normalized spacial score (nSPS) is 23.4. The maximum absolute atomic E-state index is 12.3. The van der Waals surface area contributed by atoms with Gasteiger partial charge < -0.3 is 20.5 Å². The molecule has 10 heteroatoms. The Kier molecular flexibility index (Phi) is 8.51. The Morgan fingerprint density at radius 2 is 1.68 bits per heavy atom. The fourth-order valence-corrected chi connectivity index (χ4v) is 5.18. The number of carboxylic acids is 1. The summed E-state index contributed by atoms with van der Waals surface area (Å²) in [6.07, 6.45) is 3.06. The summed E-state index contributed by atoms with van der Waals surface area (Å²) in [5, 5.41) is 14.7. The van der Waals surface area contributed by atoms with Crippen molar-refractivity contribution in [1.29, 1.82) is 0 Å². The van der Waals surface area contributed by atoms with Crippen molar-refractivity contribution < 1.29 is 24.2 Å².